The first-order valence-electron chi connectivity index (χ1n) is 6.25. The van der Waals surface area contributed by atoms with Gasteiger partial charge in [0.15, 0.2) is 0 Å². The van der Waals surface area contributed by atoms with Crippen molar-refractivity contribution in [2.75, 3.05) is 6.61 Å². The van der Waals surface area contributed by atoms with Gasteiger partial charge in [-0.1, -0.05) is 21.1 Å². The first-order valence-corrected chi connectivity index (χ1v) is 7.05. The SMILES string of the molecule is CCOC(=O)c1c(-c2cc(Br)cc(C(F)(F)F)c2)noc1C. The van der Waals surface area contributed by atoms with Gasteiger partial charge in [-0.15, -0.1) is 0 Å². The van der Waals surface area contributed by atoms with Gasteiger partial charge >= 0.3 is 12.1 Å². The zero-order chi connectivity index (χ0) is 16.5. The van der Waals surface area contributed by atoms with Crippen molar-refractivity contribution < 1.29 is 27.2 Å². The maximum absolute atomic E-state index is 12.9. The monoisotopic (exact) mass is 377 g/mol. The Morgan fingerprint density at radius 3 is 2.64 bits per heavy atom. The molecule has 0 radical (unpaired) electrons. The second-order valence-electron chi connectivity index (χ2n) is 4.41. The van der Waals surface area contributed by atoms with Crippen molar-refractivity contribution in [1.82, 2.24) is 5.16 Å². The van der Waals surface area contributed by atoms with E-state index in [9.17, 15) is 18.0 Å². The van der Waals surface area contributed by atoms with E-state index >= 15 is 0 Å². The number of hydrogen-bond donors (Lipinski definition) is 0. The smallest absolute Gasteiger partial charge is 0.416 e. The van der Waals surface area contributed by atoms with E-state index < -0.39 is 17.7 Å². The van der Waals surface area contributed by atoms with E-state index in [4.69, 9.17) is 9.26 Å². The summed E-state index contributed by atoms with van der Waals surface area (Å²) >= 11 is 3.03. The topological polar surface area (TPSA) is 52.3 Å². The van der Waals surface area contributed by atoms with E-state index in [1.807, 2.05) is 0 Å². The molecule has 0 aliphatic carbocycles. The molecule has 0 unspecified atom stereocenters. The number of aromatic nitrogens is 1. The number of ether oxygens (including phenoxy) is 1. The van der Waals surface area contributed by atoms with Crippen molar-refractivity contribution in [3.8, 4) is 11.3 Å². The van der Waals surface area contributed by atoms with Crippen LogP contribution in [0.2, 0.25) is 0 Å². The Balaban J connectivity index is 2.58. The first kappa shape index (κ1) is 16.5. The fourth-order valence-electron chi connectivity index (χ4n) is 1.90. The molecule has 0 N–H and O–H groups in total. The van der Waals surface area contributed by atoms with Gasteiger partial charge in [-0.3, -0.25) is 0 Å². The lowest BCUT2D eigenvalue weighted by molar-refractivity contribution is -0.137. The molecule has 0 saturated carbocycles. The normalized spacial score (nSPS) is 11.5. The largest absolute Gasteiger partial charge is 0.462 e. The van der Waals surface area contributed by atoms with E-state index in [1.54, 1.807) is 6.92 Å². The van der Waals surface area contributed by atoms with Crippen molar-refractivity contribution >= 4 is 21.9 Å². The average molecular weight is 378 g/mol. The van der Waals surface area contributed by atoms with Gasteiger partial charge in [0.2, 0.25) is 0 Å². The van der Waals surface area contributed by atoms with E-state index in [2.05, 4.69) is 21.1 Å². The van der Waals surface area contributed by atoms with E-state index in [-0.39, 0.29) is 33.7 Å². The lowest BCUT2D eigenvalue weighted by atomic mass is 10.0. The van der Waals surface area contributed by atoms with Gasteiger partial charge in [0.25, 0.3) is 0 Å². The van der Waals surface area contributed by atoms with Gasteiger partial charge < -0.3 is 9.26 Å². The molecule has 0 amide bonds. The van der Waals surface area contributed by atoms with Crippen molar-refractivity contribution in [3.63, 3.8) is 0 Å². The fourth-order valence-corrected chi connectivity index (χ4v) is 2.40. The maximum atomic E-state index is 12.9. The van der Waals surface area contributed by atoms with Crippen molar-refractivity contribution in [2.45, 2.75) is 20.0 Å². The van der Waals surface area contributed by atoms with Crippen molar-refractivity contribution in [1.29, 1.82) is 0 Å². The van der Waals surface area contributed by atoms with Crippen LogP contribution in [0.3, 0.4) is 0 Å². The molecule has 0 spiro atoms. The zero-order valence-electron chi connectivity index (χ0n) is 11.6. The number of alkyl halides is 3. The van der Waals surface area contributed by atoms with Crippen LogP contribution >= 0.6 is 15.9 Å². The minimum Gasteiger partial charge on any atom is -0.462 e. The molecule has 8 heteroatoms. The fraction of sp³-hybridized carbons (Fsp3) is 0.286. The van der Waals surface area contributed by atoms with E-state index in [0.717, 1.165) is 12.1 Å². The standard InChI is InChI=1S/C14H11BrF3NO3/c1-3-21-13(20)11-7(2)22-19-12(11)8-4-9(14(16,17)18)6-10(15)5-8/h4-6H,3H2,1-2H3. The van der Waals surface area contributed by atoms with Crippen LogP contribution in [0.1, 0.15) is 28.6 Å². The molecule has 2 rings (SSSR count). The molecule has 0 aliphatic heterocycles. The van der Waals surface area contributed by atoms with Gasteiger partial charge in [-0.2, -0.15) is 13.2 Å². The van der Waals surface area contributed by atoms with Crippen molar-refractivity contribution in [3.05, 3.63) is 39.6 Å². The van der Waals surface area contributed by atoms with Gasteiger partial charge in [-0.25, -0.2) is 4.79 Å². The molecule has 118 valence electrons. The third-order valence-electron chi connectivity index (χ3n) is 2.84. The van der Waals surface area contributed by atoms with Gasteiger partial charge in [-0.05, 0) is 32.0 Å². The molecule has 1 aromatic heterocycles. The van der Waals surface area contributed by atoms with Gasteiger partial charge in [0.05, 0.1) is 12.2 Å². The van der Waals surface area contributed by atoms with Crippen molar-refractivity contribution in [2.24, 2.45) is 0 Å². The Kier molecular flexibility index (Phi) is 4.60. The first-order chi connectivity index (χ1) is 10.2. The second kappa shape index (κ2) is 6.12. The van der Waals surface area contributed by atoms with Crippen LogP contribution in [-0.2, 0) is 10.9 Å². The van der Waals surface area contributed by atoms with E-state index in [0.29, 0.717) is 0 Å². The Hall–Kier alpha value is -1.83. The number of carbonyl (C=O) groups excluding carboxylic acids is 1. The number of carbonyl (C=O) groups is 1. The highest BCUT2D eigenvalue weighted by Gasteiger charge is 2.32. The lowest BCUT2D eigenvalue weighted by Gasteiger charge is -2.09. The molecule has 0 aliphatic rings. The van der Waals surface area contributed by atoms with Crippen LogP contribution in [0, 0.1) is 6.92 Å². The number of benzene rings is 1. The zero-order valence-corrected chi connectivity index (χ0v) is 13.2. The molecular weight excluding hydrogens is 367 g/mol. The molecule has 0 fully saturated rings. The molecular formula is C14H11BrF3NO3. The Morgan fingerprint density at radius 1 is 1.36 bits per heavy atom. The summed E-state index contributed by atoms with van der Waals surface area (Å²) in [6.45, 7) is 3.25. The maximum Gasteiger partial charge on any atom is 0.416 e. The molecule has 4 nitrogen and oxygen atoms in total. The van der Waals surface area contributed by atoms with Crippen LogP contribution in [0.5, 0.6) is 0 Å². The summed E-state index contributed by atoms with van der Waals surface area (Å²) in [5.41, 5.74) is -0.704. The van der Waals surface area contributed by atoms with Crippen LogP contribution in [-0.4, -0.2) is 17.7 Å². The Bertz CT molecular complexity index is 710. The summed E-state index contributed by atoms with van der Waals surface area (Å²) in [6, 6.07) is 3.28. The number of aryl methyl sites for hydroxylation is 1. The van der Waals surface area contributed by atoms with Gasteiger partial charge in [0, 0.05) is 10.0 Å². The molecule has 2 aromatic rings. The highest BCUT2D eigenvalue weighted by molar-refractivity contribution is 9.10. The van der Waals surface area contributed by atoms with Crippen LogP contribution in [0.4, 0.5) is 13.2 Å². The number of esters is 1. The molecule has 0 bridgehead atoms. The molecule has 0 saturated heterocycles. The minimum atomic E-state index is -4.51. The molecule has 1 heterocycles. The summed E-state index contributed by atoms with van der Waals surface area (Å²) in [6.07, 6.45) is -4.51. The summed E-state index contributed by atoms with van der Waals surface area (Å²) in [5, 5.41) is 3.69. The molecule has 0 atom stereocenters. The average Bonchev–Trinajstić information content (AvgIpc) is 2.79. The van der Waals surface area contributed by atoms with Crippen LogP contribution < -0.4 is 0 Å². The molecule has 22 heavy (non-hydrogen) atoms. The Labute approximate surface area is 132 Å². The summed E-state index contributed by atoms with van der Waals surface area (Å²) < 4.78 is 48.7. The quantitative estimate of drug-likeness (QED) is 0.733. The second-order valence-corrected chi connectivity index (χ2v) is 5.32. The summed E-state index contributed by atoms with van der Waals surface area (Å²) in [7, 11) is 0. The highest BCUT2D eigenvalue weighted by Crippen LogP contribution is 2.36. The third-order valence-corrected chi connectivity index (χ3v) is 3.30. The lowest BCUT2D eigenvalue weighted by Crippen LogP contribution is -2.08. The third kappa shape index (κ3) is 3.32. The molecule has 1 aromatic carbocycles. The number of rotatable bonds is 3. The summed E-state index contributed by atoms with van der Waals surface area (Å²) in [4.78, 5) is 11.9. The van der Waals surface area contributed by atoms with E-state index in [1.165, 1.54) is 13.0 Å². The number of hydrogen-bond acceptors (Lipinski definition) is 4. The number of nitrogens with zero attached hydrogens (tertiary/aromatic N) is 1. The summed E-state index contributed by atoms with van der Waals surface area (Å²) in [5.74, 6) is -0.508. The van der Waals surface area contributed by atoms with Crippen LogP contribution in [0.25, 0.3) is 11.3 Å². The highest BCUT2D eigenvalue weighted by atomic mass is 79.9. The Morgan fingerprint density at radius 2 is 2.05 bits per heavy atom. The predicted molar refractivity (Wildman–Crippen MR) is 75.3 cm³/mol. The predicted octanol–water partition coefficient (Wildman–Crippen LogP) is 4.61. The minimum absolute atomic E-state index is 0.0164. The van der Waals surface area contributed by atoms with Crippen LogP contribution in [0.15, 0.2) is 27.2 Å². The number of halogens is 4. The van der Waals surface area contributed by atoms with Gasteiger partial charge in [0.1, 0.15) is 17.0 Å².